The highest BCUT2D eigenvalue weighted by Gasteiger charge is 2.16. The molecule has 0 unspecified atom stereocenters. The number of thioether (sulfide) groups is 1. The minimum absolute atomic E-state index is 0.175. The zero-order valence-electron chi connectivity index (χ0n) is 18.9. The molecule has 1 amide bonds. The summed E-state index contributed by atoms with van der Waals surface area (Å²) in [6, 6.07) is 13.6. The molecule has 3 rings (SSSR count). The number of methoxy groups -OCH3 is 2. The molecule has 0 radical (unpaired) electrons. The van der Waals surface area contributed by atoms with Crippen LogP contribution in [0.15, 0.2) is 52.7 Å². The van der Waals surface area contributed by atoms with Crippen molar-refractivity contribution >= 4 is 23.4 Å². The van der Waals surface area contributed by atoms with Crippen LogP contribution in [0.3, 0.4) is 0 Å². The van der Waals surface area contributed by atoms with Gasteiger partial charge in [0.15, 0.2) is 22.5 Å². The molecule has 0 saturated heterocycles. The monoisotopic (exact) mass is 453 g/mol. The lowest BCUT2D eigenvalue weighted by Crippen LogP contribution is -2.21. The maximum atomic E-state index is 12.3. The van der Waals surface area contributed by atoms with Gasteiger partial charge in [-0.25, -0.2) is 5.43 Å². The highest BCUT2D eigenvalue weighted by Crippen LogP contribution is 2.32. The topological polar surface area (TPSA) is 90.6 Å². The van der Waals surface area contributed by atoms with Crippen LogP contribution in [0.25, 0.3) is 11.4 Å². The predicted octanol–water partition coefficient (Wildman–Crippen LogP) is 3.92. The van der Waals surface area contributed by atoms with Crippen LogP contribution in [-0.2, 0) is 11.3 Å². The van der Waals surface area contributed by atoms with Crippen molar-refractivity contribution in [3.05, 3.63) is 53.6 Å². The summed E-state index contributed by atoms with van der Waals surface area (Å²) in [7, 11) is 3.19. The summed E-state index contributed by atoms with van der Waals surface area (Å²) >= 11 is 1.31. The second-order valence-electron chi connectivity index (χ2n) is 7.01. The van der Waals surface area contributed by atoms with Gasteiger partial charge < -0.3 is 14.0 Å². The summed E-state index contributed by atoms with van der Waals surface area (Å²) in [5.74, 6) is 1.93. The molecule has 0 atom stereocenters. The lowest BCUT2D eigenvalue weighted by atomic mass is 10.1. The van der Waals surface area contributed by atoms with E-state index in [4.69, 9.17) is 9.47 Å². The number of amides is 1. The van der Waals surface area contributed by atoms with Crippen molar-refractivity contribution in [3.8, 4) is 22.9 Å². The van der Waals surface area contributed by atoms with E-state index in [1.807, 2.05) is 67.8 Å². The second-order valence-corrected chi connectivity index (χ2v) is 7.95. The van der Waals surface area contributed by atoms with Gasteiger partial charge in [0.25, 0.3) is 5.91 Å². The van der Waals surface area contributed by atoms with Gasteiger partial charge in [0.05, 0.1) is 25.7 Å². The number of carbonyl (C=O) groups excluding carboxylic acids is 1. The smallest absolute Gasteiger partial charge is 0.250 e. The Labute approximate surface area is 192 Å². The van der Waals surface area contributed by atoms with Crippen molar-refractivity contribution < 1.29 is 14.3 Å². The molecule has 1 N–H and O–H groups in total. The largest absolute Gasteiger partial charge is 0.493 e. The van der Waals surface area contributed by atoms with E-state index in [0.29, 0.717) is 29.0 Å². The van der Waals surface area contributed by atoms with Gasteiger partial charge in [-0.2, -0.15) is 5.10 Å². The van der Waals surface area contributed by atoms with Gasteiger partial charge in [-0.15, -0.1) is 10.2 Å². The van der Waals surface area contributed by atoms with Crippen LogP contribution in [0.4, 0.5) is 0 Å². The molecule has 168 valence electrons. The first kappa shape index (κ1) is 23.3. The van der Waals surface area contributed by atoms with E-state index in [1.54, 1.807) is 14.2 Å². The standard InChI is InChI=1S/C23H27N5O3S/c1-6-28-22(18-11-12-19(30-4)20(13-18)31-5)26-27-23(28)32-14-21(29)25-24-16(3)17-9-7-15(2)8-10-17/h7-13H,6,14H2,1-5H3,(H,25,29). The SMILES string of the molecule is CCn1c(SCC(=O)NN=C(C)c2ccc(C)cc2)nnc1-c1ccc(OC)c(OC)c1. The Hall–Kier alpha value is -3.33. The first-order chi connectivity index (χ1) is 15.5. The Morgan fingerprint density at radius 3 is 2.47 bits per heavy atom. The van der Waals surface area contributed by atoms with Crippen molar-refractivity contribution in [2.45, 2.75) is 32.5 Å². The summed E-state index contributed by atoms with van der Waals surface area (Å²) in [6.07, 6.45) is 0. The van der Waals surface area contributed by atoms with E-state index in [0.717, 1.165) is 16.8 Å². The molecule has 1 heterocycles. The summed E-state index contributed by atoms with van der Waals surface area (Å²) in [6.45, 7) is 6.56. The molecule has 8 nitrogen and oxygen atoms in total. The lowest BCUT2D eigenvalue weighted by Gasteiger charge is -2.10. The lowest BCUT2D eigenvalue weighted by molar-refractivity contribution is -0.118. The normalized spacial score (nSPS) is 11.3. The fraction of sp³-hybridized carbons (Fsp3) is 0.304. The van der Waals surface area contributed by atoms with E-state index in [9.17, 15) is 4.79 Å². The molecule has 2 aromatic carbocycles. The molecule has 0 bridgehead atoms. The van der Waals surface area contributed by atoms with Gasteiger partial charge in [-0.3, -0.25) is 4.79 Å². The predicted molar refractivity (Wildman–Crippen MR) is 126 cm³/mol. The number of aryl methyl sites for hydroxylation is 1. The average Bonchev–Trinajstić information content (AvgIpc) is 3.24. The Morgan fingerprint density at radius 2 is 1.81 bits per heavy atom. The zero-order valence-corrected chi connectivity index (χ0v) is 19.7. The number of nitrogens with one attached hydrogen (secondary N) is 1. The number of carbonyl (C=O) groups is 1. The van der Waals surface area contributed by atoms with Crippen LogP contribution in [0.2, 0.25) is 0 Å². The van der Waals surface area contributed by atoms with Crippen LogP contribution in [0.5, 0.6) is 11.5 Å². The first-order valence-corrected chi connectivity index (χ1v) is 11.1. The molecule has 1 aromatic heterocycles. The minimum atomic E-state index is -0.209. The Morgan fingerprint density at radius 1 is 1.09 bits per heavy atom. The van der Waals surface area contributed by atoms with E-state index in [2.05, 4.69) is 20.7 Å². The Kier molecular flexibility index (Phi) is 7.88. The summed E-state index contributed by atoms with van der Waals surface area (Å²) in [5.41, 5.74) is 6.35. The highest BCUT2D eigenvalue weighted by atomic mass is 32.2. The third kappa shape index (κ3) is 5.47. The maximum absolute atomic E-state index is 12.3. The van der Waals surface area contributed by atoms with Crippen molar-refractivity contribution in [1.29, 1.82) is 0 Å². The number of hydrazone groups is 1. The van der Waals surface area contributed by atoms with Gasteiger partial charge in [0.2, 0.25) is 0 Å². The van der Waals surface area contributed by atoms with Crippen LogP contribution in [-0.4, -0.2) is 46.4 Å². The van der Waals surface area contributed by atoms with Crippen molar-refractivity contribution in [2.75, 3.05) is 20.0 Å². The maximum Gasteiger partial charge on any atom is 0.250 e. The summed E-state index contributed by atoms with van der Waals surface area (Å²) in [5, 5.41) is 13.5. The third-order valence-corrected chi connectivity index (χ3v) is 5.79. The fourth-order valence-electron chi connectivity index (χ4n) is 3.04. The quantitative estimate of drug-likeness (QED) is 0.300. The molecule has 0 saturated carbocycles. The van der Waals surface area contributed by atoms with Gasteiger partial charge in [-0.05, 0) is 44.5 Å². The molecule has 3 aromatic rings. The fourth-order valence-corrected chi connectivity index (χ4v) is 3.83. The molecule has 0 aliphatic carbocycles. The van der Waals surface area contributed by atoms with E-state index in [-0.39, 0.29) is 11.7 Å². The van der Waals surface area contributed by atoms with E-state index >= 15 is 0 Å². The van der Waals surface area contributed by atoms with Gasteiger partial charge in [0, 0.05) is 12.1 Å². The number of rotatable bonds is 9. The number of nitrogens with zero attached hydrogens (tertiary/aromatic N) is 4. The number of hydrogen-bond acceptors (Lipinski definition) is 7. The molecule has 0 aliphatic heterocycles. The molecule has 0 spiro atoms. The summed E-state index contributed by atoms with van der Waals surface area (Å²) in [4.78, 5) is 12.3. The number of aromatic nitrogens is 3. The van der Waals surface area contributed by atoms with Crippen LogP contribution < -0.4 is 14.9 Å². The number of ether oxygens (including phenoxy) is 2. The molecule has 9 heteroatoms. The van der Waals surface area contributed by atoms with Crippen LogP contribution in [0, 0.1) is 6.92 Å². The Balaban J connectivity index is 1.67. The molecule has 0 aliphatic rings. The van der Waals surface area contributed by atoms with Crippen molar-refractivity contribution in [1.82, 2.24) is 20.2 Å². The van der Waals surface area contributed by atoms with Gasteiger partial charge in [0.1, 0.15) is 0 Å². The van der Waals surface area contributed by atoms with Gasteiger partial charge >= 0.3 is 0 Å². The molecular formula is C23H27N5O3S. The average molecular weight is 454 g/mol. The molecule has 32 heavy (non-hydrogen) atoms. The summed E-state index contributed by atoms with van der Waals surface area (Å²) < 4.78 is 12.6. The van der Waals surface area contributed by atoms with Crippen LogP contribution in [0.1, 0.15) is 25.0 Å². The minimum Gasteiger partial charge on any atom is -0.493 e. The van der Waals surface area contributed by atoms with Crippen molar-refractivity contribution in [3.63, 3.8) is 0 Å². The van der Waals surface area contributed by atoms with E-state index < -0.39 is 0 Å². The highest BCUT2D eigenvalue weighted by molar-refractivity contribution is 7.99. The number of hydrogen-bond donors (Lipinski definition) is 1. The van der Waals surface area contributed by atoms with Gasteiger partial charge in [-0.1, -0.05) is 41.6 Å². The third-order valence-electron chi connectivity index (χ3n) is 4.82. The Bertz CT molecular complexity index is 1110. The zero-order chi connectivity index (χ0) is 23.1. The first-order valence-electron chi connectivity index (χ1n) is 10.1. The number of benzene rings is 2. The van der Waals surface area contributed by atoms with Crippen LogP contribution >= 0.6 is 11.8 Å². The molecule has 0 fully saturated rings. The molecular weight excluding hydrogens is 426 g/mol. The van der Waals surface area contributed by atoms with Crippen molar-refractivity contribution in [2.24, 2.45) is 5.10 Å². The second kappa shape index (κ2) is 10.8. The van der Waals surface area contributed by atoms with E-state index in [1.165, 1.54) is 17.3 Å².